The summed E-state index contributed by atoms with van der Waals surface area (Å²) in [6, 6.07) is 40.9. The van der Waals surface area contributed by atoms with Crippen LogP contribution in [0.25, 0.3) is 55.5 Å². The lowest BCUT2D eigenvalue weighted by Crippen LogP contribution is -2.17. The van der Waals surface area contributed by atoms with Gasteiger partial charge in [-0.1, -0.05) is 108 Å². The van der Waals surface area contributed by atoms with Crippen molar-refractivity contribution < 1.29 is 9.52 Å². The molecule has 0 aliphatic heterocycles. The zero-order valence-electron chi connectivity index (χ0n) is 29.8. The lowest BCUT2D eigenvalue weighted by molar-refractivity contribution is 0.446. The van der Waals surface area contributed by atoms with Crippen LogP contribution in [0.5, 0.6) is 5.75 Å². The molecule has 0 aliphatic rings. The number of pyridine rings is 1. The van der Waals surface area contributed by atoms with Crippen molar-refractivity contribution in [2.24, 2.45) is 0 Å². The minimum absolute atomic E-state index is 0.178. The summed E-state index contributed by atoms with van der Waals surface area (Å²) in [5.41, 5.74) is 7.35. The molecule has 3 heterocycles. The maximum Gasteiger partial charge on any atom is 0.180 e. The van der Waals surface area contributed by atoms with E-state index in [1.807, 2.05) is 79.0 Å². The Morgan fingerprint density at radius 2 is 1.33 bits per heavy atom. The molecule has 0 spiro atoms. The van der Waals surface area contributed by atoms with Gasteiger partial charge in [-0.15, -0.1) is 0 Å². The summed E-state index contributed by atoms with van der Waals surface area (Å²) in [5.74, 6) is 1.53. The summed E-state index contributed by atoms with van der Waals surface area (Å²) >= 11 is 0. The van der Waals surface area contributed by atoms with E-state index in [4.69, 9.17) is 19.4 Å². The van der Waals surface area contributed by atoms with Crippen LogP contribution < -0.4 is 4.90 Å². The Labute approximate surface area is 298 Å². The third kappa shape index (κ3) is 5.77. The lowest BCUT2D eigenvalue weighted by atomic mass is 9.78. The summed E-state index contributed by atoms with van der Waals surface area (Å²) in [4.78, 5) is 17.5. The fraction of sp³-hybridized carbons (Fsp3) is 0.178. The highest BCUT2D eigenvalue weighted by molar-refractivity contribution is 6.08. The van der Waals surface area contributed by atoms with Gasteiger partial charge in [-0.25, -0.2) is 15.0 Å². The first-order valence-corrected chi connectivity index (χ1v) is 17.3. The zero-order chi connectivity index (χ0) is 35.5. The van der Waals surface area contributed by atoms with Crippen LogP contribution in [0, 0.1) is 0 Å². The van der Waals surface area contributed by atoms with E-state index in [1.165, 1.54) is 0 Å². The first-order valence-electron chi connectivity index (χ1n) is 17.3. The number of aromatic nitrogens is 3. The van der Waals surface area contributed by atoms with Crippen molar-refractivity contribution in [3.8, 4) is 28.4 Å². The number of anilines is 3. The van der Waals surface area contributed by atoms with Crippen LogP contribution in [0.1, 0.15) is 52.7 Å². The number of hydrogen-bond acceptors (Lipinski definition) is 6. The largest absolute Gasteiger partial charge is 0.507 e. The van der Waals surface area contributed by atoms with Crippen molar-refractivity contribution in [1.29, 1.82) is 0 Å². The second-order valence-corrected chi connectivity index (χ2v) is 15.2. The average Bonchev–Trinajstić information content (AvgIpc) is 3.50. The smallest absolute Gasteiger partial charge is 0.180 e. The van der Waals surface area contributed by atoms with Crippen molar-refractivity contribution in [3.05, 3.63) is 139 Å². The summed E-state index contributed by atoms with van der Waals surface area (Å²) in [5, 5.41) is 15.0. The summed E-state index contributed by atoms with van der Waals surface area (Å²) in [7, 11) is 0. The van der Waals surface area contributed by atoms with Gasteiger partial charge >= 0.3 is 0 Å². The number of phenols is 1. The molecule has 51 heavy (non-hydrogen) atoms. The molecule has 0 amide bonds. The van der Waals surface area contributed by atoms with E-state index in [0.29, 0.717) is 33.8 Å². The second-order valence-electron chi connectivity index (χ2n) is 15.2. The minimum atomic E-state index is -0.320. The Morgan fingerprint density at radius 1 is 0.627 bits per heavy atom. The number of para-hydroxylation sites is 2. The number of phenolic OH excluding ortho intramolecular Hbond substituents is 1. The maximum absolute atomic E-state index is 12.1. The van der Waals surface area contributed by atoms with Crippen molar-refractivity contribution in [2.45, 2.75) is 52.4 Å². The van der Waals surface area contributed by atoms with Crippen molar-refractivity contribution >= 4 is 50.0 Å². The Morgan fingerprint density at radius 3 is 2.06 bits per heavy atom. The van der Waals surface area contributed by atoms with Crippen molar-refractivity contribution in [2.75, 3.05) is 4.90 Å². The zero-order valence-corrected chi connectivity index (χ0v) is 29.8. The fourth-order valence-corrected chi connectivity index (χ4v) is 6.80. The van der Waals surface area contributed by atoms with E-state index in [9.17, 15) is 5.11 Å². The van der Waals surface area contributed by atoms with Crippen molar-refractivity contribution in [1.82, 2.24) is 15.0 Å². The maximum atomic E-state index is 12.1. The standard InChI is InChI=1S/C45H40N4O2/c1-44(2,3)29-25-35(41(50)36(26-29)45(4,5)6)40-42-39(33-20-12-13-21-37(33)51-42)47-43(48-40)34-27-31(24-28-16-10-11-19-32(28)34)49(30-17-8-7-9-18-30)38-22-14-15-23-46-38/h7-27,50H,1-6H3. The molecule has 8 aromatic rings. The molecule has 0 unspecified atom stereocenters. The quantitative estimate of drug-likeness (QED) is 0.197. The Bertz CT molecular complexity index is 2520. The van der Waals surface area contributed by atoms with Crippen LogP contribution in [0.15, 0.2) is 132 Å². The van der Waals surface area contributed by atoms with Gasteiger partial charge in [0.2, 0.25) is 0 Å². The normalized spacial score (nSPS) is 12.2. The van der Waals surface area contributed by atoms with Gasteiger partial charge in [-0.3, -0.25) is 4.90 Å². The van der Waals surface area contributed by atoms with Gasteiger partial charge in [0.15, 0.2) is 11.4 Å². The van der Waals surface area contributed by atoms with E-state index in [1.54, 1.807) is 0 Å². The van der Waals surface area contributed by atoms with Gasteiger partial charge in [0, 0.05) is 39.6 Å². The van der Waals surface area contributed by atoms with Crippen LogP contribution in [0.3, 0.4) is 0 Å². The number of rotatable bonds is 5. The van der Waals surface area contributed by atoms with Crippen LogP contribution in [-0.4, -0.2) is 20.1 Å². The van der Waals surface area contributed by atoms with Gasteiger partial charge in [0.25, 0.3) is 0 Å². The molecule has 3 aromatic heterocycles. The molecule has 8 rings (SSSR count). The summed E-state index contributed by atoms with van der Waals surface area (Å²) in [6.07, 6.45) is 1.81. The number of hydrogen-bond donors (Lipinski definition) is 1. The van der Waals surface area contributed by atoms with E-state index in [-0.39, 0.29) is 16.6 Å². The van der Waals surface area contributed by atoms with E-state index in [0.717, 1.165) is 50.0 Å². The topological polar surface area (TPSA) is 75.3 Å². The van der Waals surface area contributed by atoms with Gasteiger partial charge in [0.1, 0.15) is 28.4 Å². The highest BCUT2D eigenvalue weighted by atomic mass is 16.3. The molecule has 0 bridgehead atoms. The Hall–Kier alpha value is -6.01. The van der Waals surface area contributed by atoms with Gasteiger partial charge in [-0.05, 0) is 81.8 Å². The van der Waals surface area contributed by atoms with E-state index < -0.39 is 0 Å². The molecule has 5 aromatic carbocycles. The Balaban J connectivity index is 1.47. The molecule has 0 radical (unpaired) electrons. The fourth-order valence-electron chi connectivity index (χ4n) is 6.80. The molecule has 0 saturated carbocycles. The summed E-state index contributed by atoms with van der Waals surface area (Å²) in [6.45, 7) is 12.9. The number of aromatic hydroxyl groups is 1. The number of furan rings is 1. The first kappa shape index (κ1) is 32.2. The average molecular weight is 669 g/mol. The van der Waals surface area contributed by atoms with E-state index in [2.05, 4.69) is 95.0 Å². The van der Waals surface area contributed by atoms with Crippen molar-refractivity contribution in [3.63, 3.8) is 0 Å². The minimum Gasteiger partial charge on any atom is -0.507 e. The second kappa shape index (κ2) is 12.1. The monoisotopic (exact) mass is 668 g/mol. The van der Waals surface area contributed by atoms with Crippen LogP contribution in [0.2, 0.25) is 0 Å². The molecule has 0 atom stereocenters. The number of nitrogens with zero attached hydrogens (tertiary/aromatic N) is 4. The molecule has 1 N–H and O–H groups in total. The molecule has 0 aliphatic carbocycles. The van der Waals surface area contributed by atoms with Crippen LogP contribution in [0.4, 0.5) is 17.2 Å². The molecule has 0 saturated heterocycles. The summed E-state index contributed by atoms with van der Waals surface area (Å²) < 4.78 is 6.55. The SMILES string of the molecule is CC(C)(C)c1cc(-c2nc(-c3cc(N(c4ccccc4)c4ccccn4)cc4ccccc34)nc3c2oc2ccccc23)c(O)c(C(C)(C)C)c1. The predicted octanol–water partition coefficient (Wildman–Crippen LogP) is 12.0. The number of fused-ring (bicyclic) bond motifs is 4. The Kier molecular flexibility index (Phi) is 7.64. The molecular formula is C45H40N4O2. The third-order valence-corrected chi connectivity index (χ3v) is 9.50. The first-order chi connectivity index (χ1) is 24.5. The molecule has 252 valence electrons. The van der Waals surface area contributed by atoms with E-state index >= 15 is 0 Å². The van der Waals surface area contributed by atoms with Crippen LogP contribution >= 0.6 is 0 Å². The van der Waals surface area contributed by atoms with Gasteiger partial charge in [0.05, 0.1) is 0 Å². The van der Waals surface area contributed by atoms with Gasteiger partial charge in [-0.2, -0.15) is 0 Å². The van der Waals surface area contributed by atoms with Gasteiger partial charge < -0.3 is 9.52 Å². The predicted molar refractivity (Wildman–Crippen MR) is 209 cm³/mol. The molecule has 6 heteroatoms. The highest BCUT2D eigenvalue weighted by Crippen LogP contribution is 2.46. The molecule has 0 fully saturated rings. The molecule has 6 nitrogen and oxygen atoms in total. The third-order valence-electron chi connectivity index (χ3n) is 9.50. The number of benzene rings is 5. The van der Waals surface area contributed by atoms with Crippen LogP contribution in [-0.2, 0) is 10.8 Å². The lowest BCUT2D eigenvalue weighted by Gasteiger charge is -2.27. The molecular weight excluding hydrogens is 629 g/mol. The highest BCUT2D eigenvalue weighted by Gasteiger charge is 2.29.